The Labute approximate surface area is 331 Å². The van der Waals surface area contributed by atoms with Crippen molar-refractivity contribution >= 4 is 56.0 Å². The topological polar surface area (TPSA) is 167 Å². The van der Waals surface area contributed by atoms with Gasteiger partial charge in [-0.25, -0.2) is 19.6 Å². The van der Waals surface area contributed by atoms with Crippen LogP contribution in [-0.4, -0.2) is 81.4 Å². The molecule has 0 bridgehead atoms. The van der Waals surface area contributed by atoms with Gasteiger partial charge in [0.15, 0.2) is 0 Å². The molecule has 55 heavy (non-hydrogen) atoms. The van der Waals surface area contributed by atoms with E-state index in [1.165, 1.54) is 0 Å². The lowest BCUT2D eigenvalue weighted by molar-refractivity contribution is -0.153. The van der Waals surface area contributed by atoms with Crippen LogP contribution in [-0.2, 0) is 47.7 Å². The van der Waals surface area contributed by atoms with Crippen molar-refractivity contribution in [2.24, 2.45) is 0 Å². The van der Waals surface area contributed by atoms with Gasteiger partial charge < -0.3 is 33.2 Å². The van der Waals surface area contributed by atoms with Crippen molar-refractivity contribution in [1.82, 2.24) is 19.9 Å². The van der Waals surface area contributed by atoms with Crippen LogP contribution < -0.4 is 9.47 Å². The van der Waals surface area contributed by atoms with E-state index in [2.05, 4.69) is 35.9 Å². The Balaban J connectivity index is 0.000000305. The van der Waals surface area contributed by atoms with Gasteiger partial charge in [-0.05, 0) is 98.2 Å². The second kappa shape index (κ2) is 19.7. The Morgan fingerprint density at radius 2 is 1.02 bits per heavy atom. The largest absolute Gasteiger partial charge is 0.508 e. The molecule has 0 spiro atoms. The smallest absolute Gasteiger partial charge is 0.474 e. The Morgan fingerprint density at radius 3 is 1.45 bits per heavy atom. The molecular weight excluding hydrogens is 776 g/mol. The number of fused-ring (bicyclic) bond motifs is 2. The van der Waals surface area contributed by atoms with Crippen LogP contribution in [0.4, 0.5) is 9.59 Å². The summed E-state index contributed by atoms with van der Waals surface area (Å²) in [5.74, 6) is 1.88. The van der Waals surface area contributed by atoms with Gasteiger partial charge in [-0.2, -0.15) is 9.97 Å². The Kier molecular flexibility index (Phi) is 16.0. The molecule has 0 unspecified atom stereocenters. The van der Waals surface area contributed by atoms with Crippen molar-refractivity contribution in [3.05, 3.63) is 58.1 Å². The van der Waals surface area contributed by atoms with Gasteiger partial charge in [0, 0.05) is 17.3 Å². The second-order valence-electron chi connectivity index (χ2n) is 15.2. The van der Waals surface area contributed by atoms with Crippen molar-refractivity contribution in [2.45, 2.75) is 112 Å². The molecule has 4 aromatic rings. The Bertz CT molecular complexity index is 1930. The SMILES string of the molecule is CCc1nc(OCCOC(=O)OC(C)(C)C)c2cc(Br)ccc2n1.CCc1nc(OCCOC(=O)OC(C)(C)C)c2cc(CC(=O)OC(C)(C)C)ccc2n1. The first-order chi connectivity index (χ1) is 25.6. The normalized spacial score (nSPS) is 11.6. The minimum absolute atomic E-state index is 0.0134. The molecule has 0 radical (unpaired) electrons. The average Bonchev–Trinajstić information content (AvgIpc) is 3.06. The van der Waals surface area contributed by atoms with E-state index in [4.69, 9.17) is 33.2 Å². The molecule has 0 aliphatic carbocycles. The maximum absolute atomic E-state index is 12.2. The fraction of sp³-hybridized carbons (Fsp3) is 0.525. The van der Waals surface area contributed by atoms with Gasteiger partial charge in [0.1, 0.15) is 54.9 Å². The van der Waals surface area contributed by atoms with Crippen molar-refractivity contribution in [1.29, 1.82) is 0 Å². The van der Waals surface area contributed by atoms with E-state index >= 15 is 0 Å². The standard InChI is InChI=1S/C23H32N2O6.C17H21BrN2O4/c1-8-18-24-17-10-9-15(14-19(26)30-22(2,3)4)13-16(17)20(25-18)28-11-12-29-21(27)31-23(5,6)7;1-5-14-19-13-7-6-11(18)10-12(13)15(20-14)22-8-9-23-16(21)24-17(2,3)4/h9-10,13H,8,11-12,14H2,1-7H3;6-7,10H,5,8-9H2,1-4H3. The molecular formula is C40H53BrN4O10. The van der Waals surface area contributed by atoms with Crippen LogP contribution in [0, 0.1) is 0 Å². The van der Waals surface area contributed by atoms with Gasteiger partial charge in [-0.15, -0.1) is 0 Å². The first kappa shape index (κ1) is 44.6. The van der Waals surface area contributed by atoms with Crippen molar-refractivity contribution in [3.8, 4) is 11.8 Å². The van der Waals surface area contributed by atoms with E-state index in [-0.39, 0.29) is 38.8 Å². The van der Waals surface area contributed by atoms with E-state index in [0.29, 0.717) is 47.2 Å². The summed E-state index contributed by atoms with van der Waals surface area (Å²) in [4.78, 5) is 53.2. The summed E-state index contributed by atoms with van der Waals surface area (Å²) in [5, 5.41) is 1.48. The van der Waals surface area contributed by atoms with Gasteiger partial charge in [0.05, 0.1) is 28.2 Å². The van der Waals surface area contributed by atoms with Crippen LogP contribution in [0.1, 0.15) is 93.4 Å². The fourth-order valence-electron chi connectivity index (χ4n) is 4.59. The lowest BCUT2D eigenvalue weighted by Crippen LogP contribution is -2.25. The Morgan fingerprint density at radius 1 is 0.582 bits per heavy atom. The van der Waals surface area contributed by atoms with Crippen LogP contribution in [0.5, 0.6) is 11.8 Å². The molecule has 2 aromatic carbocycles. The van der Waals surface area contributed by atoms with Gasteiger partial charge in [0.25, 0.3) is 0 Å². The lowest BCUT2D eigenvalue weighted by atomic mass is 10.1. The van der Waals surface area contributed by atoms with Gasteiger partial charge >= 0.3 is 18.3 Å². The summed E-state index contributed by atoms with van der Waals surface area (Å²) in [6.45, 7) is 20.4. The molecule has 0 saturated heterocycles. The highest BCUT2D eigenvalue weighted by Gasteiger charge is 2.20. The maximum atomic E-state index is 12.2. The molecule has 0 aliphatic heterocycles. The molecule has 0 atom stereocenters. The number of carbonyl (C=O) groups excluding carboxylic acids is 3. The summed E-state index contributed by atoms with van der Waals surface area (Å²) in [6, 6.07) is 11.2. The number of nitrogens with zero attached hydrogens (tertiary/aromatic N) is 4. The Hall–Kier alpha value is -4.79. The number of esters is 1. The molecule has 15 heteroatoms. The number of benzene rings is 2. The van der Waals surface area contributed by atoms with E-state index in [1.807, 2.05) is 71.0 Å². The van der Waals surface area contributed by atoms with E-state index < -0.39 is 29.1 Å². The third-order valence-corrected chi connectivity index (χ3v) is 7.20. The highest BCUT2D eigenvalue weighted by molar-refractivity contribution is 9.10. The highest BCUT2D eigenvalue weighted by Crippen LogP contribution is 2.27. The monoisotopic (exact) mass is 828 g/mol. The number of halogens is 1. The van der Waals surface area contributed by atoms with Gasteiger partial charge in [-0.3, -0.25) is 4.79 Å². The number of carbonyl (C=O) groups is 3. The summed E-state index contributed by atoms with van der Waals surface area (Å²) in [6.07, 6.45) is 0.00864. The van der Waals surface area contributed by atoms with Crippen molar-refractivity contribution < 1.29 is 47.5 Å². The molecule has 0 aliphatic rings. The van der Waals surface area contributed by atoms with Crippen LogP contribution in [0.25, 0.3) is 21.8 Å². The van der Waals surface area contributed by atoms with E-state index in [0.717, 1.165) is 20.9 Å². The summed E-state index contributed by atoms with van der Waals surface area (Å²) >= 11 is 3.43. The van der Waals surface area contributed by atoms with E-state index in [1.54, 1.807) is 41.5 Å². The van der Waals surface area contributed by atoms with Gasteiger partial charge in [0.2, 0.25) is 11.8 Å². The third kappa shape index (κ3) is 16.2. The number of ether oxygens (including phenoxy) is 7. The number of aromatic nitrogens is 4. The van der Waals surface area contributed by atoms with Gasteiger partial charge in [-0.1, -0.05) is 35.8 Å². The summed E-state index contributed by atoms with van der Waals surface area (Å²) in [5.41, 5.74) is 0.542. The number of hydrogen-bond acceptors (Lipinski definition) is 14. The quantitative estimate of drug-likeness (QED) is 0.0755. The summed E-state index contributed by atoms with van der Waals surface area (Å²) < 4.78 is 38.0. The lowest BCUT2D eigenvalue weighted by Gasteiger charge is -2.19. The number of rotatable bonds is 12. The molecule has 0 saturated carbocycles. The fourth-order valence-corrected chi connectivity index (χ4v) is 4.95. The zero-order valence-electron chi connectivity index (χ0n) is 33.7. The second-order valence-corrected chi connectivity index (χ2v) is 16.1. The first-order valence-electron chi connectivity index (χ1n) is 18.1. The highest BCUT2D eigenvalue weighted by atomic mass is 79.9. The molecule has 2 aromatic heterocycles. The van der Waals surface area contributed by atoms with Crippen LogP contribution >= 0.6 is 15.9 Å². The van der Waals surface area contributed by atoms with Crippen LogP contribution in [0.15, 0.2) is 40.9 Å². The number of hydrogen-bond donors (Lipinski definition) is 0. The molecule has 14 nitrogen and oxygen atoms in total. The molecule has 300 valence electrons. The zero-order valence-corrected chi connectivity index (χ0v) is 35.2. The third-order valence-electron chi connectivity index (χ3n) is 6.70. The van der Waals surface area contributed by atoms with Crippen molar-refractivity contribution in [2.75, 3.05) is 26.4 Å². The maximum Gasteiger partial charge on any atom is 0.508 e. The van der Waals surface area contributed by atoms with Crippen molar-refractivity contribution in [3.63, 3.8) is 0 Å². The molecule has 0 fully saturated rings. The average molecular weight is 830 g/mol. The molecule has 4 rings (SSSR count). The van der Waals surface area contributed by atoms with Crippen LogP contribution in [0.2, 0.25) is 0 Å². The molecule has 2 heterocycles. The molecule has 0 N–H and O–H groups in total. The zero-order chi connectivity index (χ0) is 41.0. The summed E-state index contributed by atoms with van der Waals surface area (Å²) in [7, 11) is 0. The minimum atomic E-state index is -0.752. The first-order valence-corrected chi connectivity index (χ1v) is 18.9. The molecule has 0 amide bonds. The van der Waals surface area contributed by atoms with Crippen LogP contribution in [0.3, 0.4) is 0 Å². The predicted molar refractivity (Wildman–Crippen MR) is 210 cm³/mol. The number of aryl methyl sites for hydroxylation is 2. The predicted octanol–water partition coefficient (Wildman–Crippen LogP) is 8.69. The minimum Gasteiger partial charge on any atom is -0.474 e. The van der Waals surface area contributed by atoms with E-state index in [9.17, 15) is 14.4 Å².